The van der Waals surface area contributed by atoms with Crippen LogP contribution in [0.4, 0.5) is 5.69 Å². The molecule has 4 rings (SSSR count). The van der Waals surface area contributed by atoms with Gasteiger partial charge < -0.3 is 15.3 Å². The number of pyridine rings is 1. The summed E-state index contributed by atoms with van der Waals surface area (Å²) in [5.74, 6) is -0.177. The molecule has 0 aliphatic carbocycles. The number of aliphatic hydroxyl groups is 1. The number of nitrogens with zero attached hydrogens (tertiary/aromatic N) is 5. The highest BCUT2D eigenvalue weighted by atomic mass is 16.3. The molecule has 1 unspecified atom stereocenters. The lowest BCUT2D eigenvalue weighted by atomic mass is 9.98. The molecule has 3 aromatic rings. The number of nitrogens with one attached hydrogen (secondary N) is 1. The zero-order valence-electron chi connectivity index (χ0n) is 17.4. The van der Waals surface area contributed by atoms with Gasteiger partial charge in [-0.15, -0.1) is 0 Å². The third kappa shape index (κ3) is 4.04. The molecule has 31 heavy (non-hydrogen) atoms. The van der Waals surface area contributed by atoms with Gasteiger partial charge in [-0.25, -0.2) is 4.98 Å². The molecule has 1 atom stereocenters. The zero-order valence-corrected chi connectivity index (χ0v) is 17.4. The molecular weight excluding hydrogens is 396 g/mol. The lowest BCUT2D eigenvalue weighted by Gasteiger charge is -2.17. The van der Waals surface area contributed by atoms with Gasteiger partial charge in [0.25, 0.3) is 11.8 Å². The van der Waals surface area contributed by atoms with Crippen molar-refractivity contribution >= 4 is 17.5 Å². The monoisotopic (exact) mass is 420 g/mol. The average molecular weight is 420 g/mol. The number of carbonyl (C=O) groups is 2. The van der Waals surface area contributed by atoms with E-state index >= 15 is 0 Å². The first-order valence-corrected chi connectivity index (χ1v) is 10.2. The highest BCUT2D eigenvalue weighted by Crippen LogP contribution is 2.40. The summed E-state index contributed by atoms with van der Waals surface area (Å²) < 4.78 is 1.77. The van der Waals surface area contributed by atoms with E-state index < -0.39 is 0 Å². The molecule has 1 aromatic carbocycles. The Kier molecular flexibility index (Phi) is 5.77. The summed E-state index contributed by atoms with van der Waals surface area (Å²) in [4.78, 5) is 35.9. The van der Waals surface area contributed by atoms with Crippen LogP contribution in [0, 0.1) is 0 Å². The van der Waals surface area contributed by atoms with Gasteiger partial charge in [0.15, 0.2) is 5.82 Å². The fraction of sp³-hybridized carbons (Fsp3) is 0.318. The fourth-order valence-corrected chi connectivity index (χ4v) is 3.61. The number of hydrogen-bond acceptors (Lipinski definition) is 6. The van der Waals surface area contributed by atoms with Crippen molar-refractivity contribution in [2.45, 2.75) is 25.8 Å². The number of fused-ring (bicyclic) bond motifs is 1. The largest absolute Gasteiger partial charge is 0.395 e. The molecule has 0 fully saturated rings. The van der Waals surface area contributed by atoms with Gasteiger partial charge in [0.1, 0.15) is 12.0 Å². The summed E-state index contributed by atoms with van der Waals surface area (Å²) in [5.41, 5.74) is 2.31. The van der Waals surface area contributed by atoms with E-state index in [0.29, 0.717) is 29.3 Å². The van der Waals surface area contributed by atoms with Crippen LogP contribution in [0.3, 0.4) is 0 Å². The molecule has 3 heterocycles. The SMILES string of the molecule is CC(C)n1cnc(C2CN(C(=O)c3ccccn3)c3ccc(C(=O)NCCO)cc32)n1. The van der Waals surface area contributed by atoms with Gasteiger partial charge in [0.05, 0.1) is 12.5 Å². The van der Waals surface area contributed by atoms with E-state index in [-0.39, 0.29) is 36.9 Å². The number of aromatic nitrogens is 4. The number of amides is 2. The topological polar surface area (TPSA) is 113 Å². The van der Waals surface area contributed by atoms with Crippen molar-refractivity contribution in [2.24, 2.45) is 0 Å². The molecule has 0 saturated heterocycles. The van der Waals surface area contributed by atoms with Crippen LogP contribution in [0.15, 0.2) is 48.9 Å². The number of carbonyl (C=O) groups excluding carboxylic acids is 2. The Balaban J connectivity index is 1.73. The van der Waals surface area contributed by atoms with Crippen molar-refractivity contribution < 1.29 is 14.7 Å². The first-order chi connectivity index (χ1) is 15.0. The first kappa shape index (κ1) is 20.7. The maximum absolute atomic E-state index is 13.2. The first-order valence-electron chi connectivity index (χ1n) is 10.2. The Morgan fingerprint density at radius 2 is 2.06 bits per heavy atom. The summed E-state index contributed by atoms with van der Waals surface area (Å²) in [6.45, 7) is 4.42. The normalized spacial score (nSPS) is 15.2. The second kappa shape index (κ2) is 8.65. The van der Waals surface area contributed by atoms with Crippen molar-refractivity contribution in [3.05, 3.63) is 71.6 Å². The third-order valence-electron chi connectivity index (χ3n) is 5.21. The number of benzene rings is 1. The Bertz CT molecular complexity index is 1100. The molecular formula is C22H24N6O3. The molecule has 1 aliphatic rings. The lowest BCUT2D eigenvalue weighted by molar-refractivity contribution is 0.0943. The van der Waals surface area contributed by atoms with E-state index in [4.69, 9.17) is 5.11 Å². The van der Waals surface area contributed by atoms with Crippen LogP contribution in [0.2, 0.25) is 0 Å². The van der Waals surface area contributed by atoms with Crippen LogP contribution in [0.5, 0.6) is 0 Å². The van der Waals surface area contributed by atoms with Crippen molar-refractivity contribution in [3.8, 4) is 0 Å². The zero-order chi connectivity index (χ0) is 22.0. The fourth-order valence-electron chi connectivity index (χ4n) is 3.61. The Labute approximate surface area is 179 Å². The van der Waals surface area contributed by atoms with Crippen LogP contribution < -0.4 is 10.2 Å². The van der Waals surface area contributed by atoms with E-state index in [1.807, 2.05) is 13.8 Å². The Hall–Kier alpha value is -3.59. The molecule has 0 saturated carbocycles. The van der Waals surface area contributed by atoms with Crippen LogP contribution in [-0.2, 0) is 0 Å². The van der Waals surface area contributed by atoms with E-state index in [1.165, 1.54) is 0 Å². The van der Waals surface area contributed by atoms with Gasteiger partial charge in [-0.1, -0.05) is 6.07 Å². The summed E-state index contributed by atoms with van der Waals surface area (Å²) in [6.07, 6.45) is 3.27. The standard InChI is InChI=1S/C22H24N6O3/c1-14(2)28-13-25-20(26-28)17-12-27(22(31)18-5-3-4-8-23-18)19-7-6-15(11-16(17)19)21(30)24-9-10-29/h3-8,11,13-14,17,29H,9-10,12H2,1-2H3,(H,24,30). The minimum atomic E-state index is -0.286. The van der Waals surface area contributed by atoms with Gasteiger partial charge in [0, 0.05) is 36.6 Å². The van der Waals surface area contributed by atoms with E-state index in [9.17, 15) is 9.59 Å². The van der Waals surface area contributed by atoms with Crippen LogP contribution >= 0.6 is 0 Å². The van der Waals surface area contributed by atoms with Gasteiger partial charge in [0.2, 0.25) is 0 Å². The quantitative estimate of drug-likeness (QED) is 0.628. The van der Waals surface area contributed by atoms with E-state index in [1.54, 1.807) is 58.5 Å². The molecule has 2 N–H and O–H groups in total. The van der Waals surface area contributed by atoms with Gasteiger partial charge in [-0.2, -0.15) is 5.10 Å². The Morgan fingerprint density at radius 3 is 2.74 bits per heavy atom. The maximum atomic E-state index is 13.2. The Morgan fingerprint density at radius 1 is 1.23 bits per heavy atom. The summed E-state index contributed by atoms with van der Waals surface area (Å²) in [6, 6.07) is 10.6. The number of hydrogen-bond donors (Lipinski definition) is 2. The third-order valence-corrected chi connectivity index (χ3v) is 5.21. The second-order valence-corrected chi connectivity index (χ2v) is 7.61. The lowest BCUT2D eigenvalue weighted by Crippen LogP contribution is -2.30. The number of rotatable bonds is 6. The van der Waals surface area contributed by atoms with Gasteiger partial charge in [-0.05, 0) is 49.7 Å². The minimum absolute atomic E-state index is 0.137. The van der Waals surface area contributed by atoms with E-state index in [2.05, 4.69) is 20.4 Å². The van der Waals surface area contributed by atoms with Crippen molar-refractivity contribution in [3.63, 3.8) is 0 Å². The number of aliphatic hydroxyl groups excluding tert-OH is 1. The average Bonchev–Trinajstić information content (AvgIpc) is 3.42. The van der Waals surface area contributed by atoms with Crippen molar-refractivity contribution in [1.29, 1.82) is 0 Å². The van der Waals surface area contributed by atoms with Crippen LogP contribution in [0.1, 0.15) is 58.0 Å². The van der Waals surface area contributed by atoms with Crippen LogP contribution in [-0.4, -0.2) is 56.4 Å². The molecule has 0 spiro atoms. The minimum Gasteiger partial charge on any atom is -0.395 e. The molecule has 2 aromatic heterocycles. The predicted molar refractivity (Wildman–Crippen MR) is 114 cm³/mol. The predicted octanol–water partition coefficient (Wildman–Crippen LogP) is 1.77. The molecule has 2 amide bonds. The van der Waals surface area contributed by atoms with Crippen molar-refractivity contribution in [1.82, 2.24) is 25.1 Å². The molecule has 0 radical (unpaired) electrons. The second-order valence-electron chi connectivity index (χ2n) is 7.61. The van der Waals surface area contributed by atoms with Crippen LogP contribution in [0.25, 0.3) is 0 Å². The smallest absolute Gasteiger partial charge is 0.276 e. The summed E-state index contributed by atoms with van der Waals surface area (Å²) in [7, 11) is 0. The molecule has 1 aliphatic heterocycles. The van der Waals surface area contributed by atoms with Gasteiger partial charge in [-0.3, -0.25) is 19.3 Å². The van der Waals surface area contributed by atoms with Gasteiger partial charge >= 0.3 is 0 Å². The van der Waals surface area contributed by atoms with Crippen molar-refractivity contribution in [2.75, 3.05) is 24.6 Å². The number of anilines is 1. The molecule has 9 nitrogen and oxygen atoms in total. The summed E-state index contributed by atoms with van der Waals surface area (Å²) >= 11 is 0. The maximum Gasteiger partial charge on any atom is 0.276 e. The molecule has 0 bridgehead atoms. The highest BCUT2D eigenvalue weighted by Gasteiger charge is 2.36. The highest BCUT2D eigenvalue weighted by molar-refractivity contribution is 6.07. The molecule has 160 valence electrons. The molecule has 9 heteroatoms. The summed E-state index contributed by atoms with van der Waals surface area (Å²) in [5, 5.41) is 16.2. The van der Waals surface area contributed by atoms with E-state index in [0.717, 1.165) is 5.56 Å².